The maximum absolute atomic E-state index is 14.6. The Morgan fingerprint density at radius 1 is 0.804 bits per heavy atom. The van der Waals surface area contributed by atoms with Gasteiger partial charge in [0.15, 0.2) is 0 Å². The third kappa shape index (κ3) is 9.20. The summed E-state index contributed by atoms with van der Waals surface area (Å²) in [5.74, 6) is -0.258. The van der Waals surface area contributed by atoms with E-state index in [2.05, 4.69) is 5.32 Å². The summed E-state index contributed by atoms with van der Waals surface area (Å²) in [4.78, 5) is 30.1. The van der Waals surface area contributed by atoms with Crippen LogP contribution in [0.25, 0.3) is 0 Å². The maximum atomic E-state index is 14.6. The quantitative estimate of drug-likeness (QED) is 0.189. The maximum Gasteiger partial charge on any atom is 0.264 e. The van der Waals surface area contributed by atoms with Crippen molar-refractivity contribution in [1.29, 1.82) is 0 Å². The summed E-state index contributed by atoms with van der Waals surface area (Å²) in [6.07, 6.45) is 0.245. The molecule has 0 unspecified atom stereocenters. The lowest BCUT2D eigenvalue weighted by Gasteiger charge is -2.35. The summed E-state index contributed by atoms with van der Waals surface area (Å²) in [5.41, 5.74) is 2.49. The first-order chi connectivity index (χ1) is 21.9. The average Bonchev–Trinajstić information content (AvgIpc) is 3.03. The van der Waals surface area contributed by atoms with E-state index >= 15 is 0 Å². The first-order valence-electron chi connectivity index (χ1n) is 15.4. The largest absolute Gasteiger partial charge is 0.494 e. The van der Waals surface area contributed by atoms with Crippen LogP contribution in [-0.2, 0) is 32.6 Å². The number of rotatable bonds is 13. The van der Waals surface area contributed by atoms with Gasteiger partial charge < -0.3 is 15.0 Å². The molecule has 0 radical (unpaired) electrons. The highest BCUT2D eigenvalue weighted by molar-refractivity contribution is 7.92. The Bertz CT molecular complexity index is 1690. The zero-order valence-corrected chi connectivity index (χ0v) is 28.0. The Balaban J connectivity index is 1.80. The van der Waals surface area contributed by atoms with Gasteiger partial charge in [0.1, 0.15) is 18.3 Å². The summed E-state index contributed by atoms with van der Waals surface area (Å²) >= 11 is 0. The molecule has 1 atom stereocenters. The lowest BCUT2D eigenvalue weighted by Crippen LogP contribution is -2.56. The topological polar surface area (TPSA) is 96.0 Å². The molecule has 242 valence electrons. The van der Waals surface area contributed by atoms with E-state index in [0.717, 1.165) is 21.0 Å². The number of carbonyl (C=O) groups excluding carboxylic acids is 2. The van der Waals surface area contributed by atoms with Crippen LogP contribution in [0.4, 0.5) is 5.69 Å². The third-order valence-corrected chi connectivity index (χ3v) is 9.08. The van der Waals surface area contributed by atoms with Crippen molar-refractivity contribution < 1.29 is 22.7 Å². The summed E-state index contributed by atoms with van der Waals surface area (Å²) in [6, 6.07) is 30.9. The fourth-order valence-electron chi connectivity index (χ4n) is 5.02. The standard InChI is InChI=1S/C37H43N3O5S/c1-6-45-32-23-21-31(22-24-32)40(46(43,44)33-15-11-8-12-16-33)27-35(41)39(26-30-19-17-28(2)18-20-30)34(36(42)38-37(3,4)5)25-29-13-9-7-10-14-29/h7-24,34H,6,25-27H2,1-5H3,(H,38,42)/t34-/m0/s1. The first-order valence-corrected chi connectivity index (χ1v) is 16.8. The molecule has 2 amide bonds. The van der Waals surface area contributed by atoms with Crippen LogP contribution >= 0.6 is 0 Å². The normalized spacial score (nSPS) is 12.2. The van der Waals surface area contributed by atoms with E-state index in [-0.39, 0.29) is 23.8 Å². The molecule has 46 heavy (non-hydrogen) atoms. The first kappa shape index (κ1) is 34.2. The second-order valence-electron chi connectivity index (χ2n) is 12.2. The zero-order valence-electron chi connectivity index (χ0n) is 27.1. The number of benzene rings is 4. The molecule has 0 heterocycles. The van der Waals surface area contributed by atoms with Crippen LogP contribution in [-0.4, -0.2) is 49.9 Å². The van der Waals surface area contributed by atoms with Gasteiger partial charge in [-0.05, 0) is 82.1 Å². The molecule has 4 rings (SSSR count). The molecule has 4 aromatic rings. The zero-order chi connectivity index (χ0) is 33.3. The Hall–Kier alpha value is -4.63. The lowest BCUT2D eigenvalue weighted by atomic mass is 10.0. The van der Waals surface area contributed by atoms with E-state index in [1.54, 1.807) is 42.5 Å². The highest BCUT2D eigenvalue weighted by Crippen LogP contribution is 2.27. The fraction of sp³-hybridized carbons (Fsp3) is 0.297. The minimum absolute atomic E-state index is 0.0491. The Labute approximate surface area is 273 Å². The number of carbonyl (C=O) groups is 2. The molecular weight excluding hydrogens is 598 g/mol. The Morgan fingerprint density at radius 2 is 1.39 bits per heavy atom. The number of hydrogen-bond donors (Lipinski definition) is 1. The number of hydrogen-bond acceptors (Lipinski definition) is 5. The summed E-state index contributed by atoms with van der Waals surface area (Å²) in [7, 11) is -4.18. The van der Waals surface area contributed by atoms with Gasteiger partial charge in [0.25, 0.3) is 10.0 Å². The molecule has 9 heteroatoms. The van der Waals surface area contributed by atoms with Gasteiger partial charge in [-0.1, -0.05) is 78.4 Å². The molecule has 0 saturated carbocycles. The molecular formula is C37H43N3O5S. The van der Waals surface area contributed by atoms with Crippen LogP contribution in [0.15, 0.2) is 114 Å². The number of anilines is 1. The van der Waals surface area contributed by atoms with Crippen LogP contribution < -0.4 is 14.4 Å². The third-order valence-electron chi connectivity index (χ3n) is 7.29. The van der Waals surface area contributed by atoms with Crippen LogP contribution in [0.1, 0.15) is 44.4 Å². The van der Waals surface area contributed by atoms with Gasteiger partial charge in [-0.15, -0.1) is 0 Å². The van der Waals surface area contributed by atoms with Crippen molar-refractivity contribution in [2.75, 3.05) is 17.5 Å². The van der Waals surface area contributed by atoms with E-state index in [0.29, 0.717) is 18.0 Å². The predicted octanol–water partition coefficient (Wildman–Crippen LogP) is 6.14. The molecule has 0 fully saturated rings. The van der Waals surface area contributed by atoms with E-state index in [1.807, 2.05) is 89.2 Å². The lowest BCUT2D eigenvalue weighted by molar-refractivity contribution is -0.140. The minimum Gasteiger partial charge on any atom is -0.494 e. The molecule has 1 N–H and O–H groups in total. The van der Waals surface area contributed by atoms with Gasteiger partial charge in [0, 0.05) is 18.5 Å². The number of aryl methyl sites for hydroxylation is 1. The smallest absolute Gasteiger partial charge is 0.264 e. The highest BCUT2D eigenvalue weighted by Gasteiger charge is 2.35. The van der Waals surface area contributed by atoms with Crippen molar-refractivity contribution in [3.8, 4) is 5.75 Å². The van der Waals surface area contributed by atoms with Crippen molar-refractivity contribution in [3.05, 3.63) is 126 Å². The number of nitrogens with one attached hydrogen (secondary N) is 1. The Kier molecular flexibility index (Phi) is 11.2. The van der Waals surface area contributed by atoms with Gasteiger partial charge in [0.05, 0.1) is 17.2 Å². The molecule has 0 bridgehead atoms. The van der Waals surface area contributed by atoms with Crippen molar-refractivity contribution in [2.24, 2.45) is 0 Å². The second-order valence-corrected chi connectivity index (χ2v) is 14.1. The van der Waals surface area contributed by atoms with Crippen LogP contribution in [0.2, 0.25) is 0 Å². The van der Waals surface area contributed by atoms with E-state index in [9.17, 15) is 18.0 Å². The fourth-order valence-corrected chi connectivity index (χ4v) is 6.46. The number of nitrogens with zero attached hydrogens (tertiary/aromatic N) is 2. The van der Waals surface area contributed by atoms with Gasteiger partial charge in [-0.3, -0.25) is 13.9 Å². The van der Waals surface area contributed by atoms with Gasteiger partial charge in [0.2, 0.25) is 11.8 Å². The summed E-state index contributed by atoms with van der Waals surface area (Å²) < 4.78 is 34.9. The van der Waals surface area contributed by atoms with Crippen molar-refractivity contribution in [3.63, 3.8) is 0 Å². The van der Waals surface area contributed by atoms with E-state index in [4.69, 9.17) is 4.74 Å². The number of amides is 2. The predicted molar refractivity (Wildman–Crippen MR) is 182 cm³/mol. The molecule has 0 aliphatic rings. The molecule has 0 aliphatic heterocycles. The van der Waals surface area contributed by atoms with Gasteiger partial charge in [-0.2, -0.15) is 0 Å². The molecule has 0 spiro atoms. The van der Waals surface area contributed by atoms with Crippen LogP contribution in [0, 0.1) is 6.92 Å². The van der Waals surface area contributed by atoms with Crippen molar-refractivity contribution >= 4 is 27.5 Å². The second kappa shape index (κ2) is 15.1. The summed E-state index contributed by atoms with van der Waals surface area (Å²) in [6.45, 7) is 9.54. The average molecular weight is 642 g/mol. The minimum atomic E-state index is -4.18. The monoisotopic (exact) mass is 641 g/mol. The summed E-state index contributed by atoms with van der Waals surface area (Å²) in [5, 5.41) is 3.05. The van der Waals surface area contributed by atoms with Crippen molar-refractivity contribution in [2.45, 2.75) is 64.1 Å². The number of ether oxygens (including phenoxy) is 1. The SMILES string of the molecule is CCOc1ccc(N(CC(=O)N(Cc2ccc(C)cc2)[C@@H](Cc2ccccc2)C(=O)NC(C)(C)C)S(=O)(=O)c2ccccc2)cc1. The Morgan fingerprint density at radius 3 is 1.96 bits per heavy atom. The van der Waals surface area contributed by atoms with Crippen LogP contribution in [0.5, 0.6) is 5.75 Å². The van der Waals surface area contributed by atoms with E-state index < -0.39 is 34.1 Å². The van der Waals surface area contributed by atoms with Gasteiger partial charge >= 0.3 is 0 Å². The number of sulfonamides is 1. The highest BCUT2D eigenvalue weighted by atomic mass is 32.2. The van der Waals surface area contributed by atoms with E-state index in [1.165, 1.54) is 17.0 Å². The molecule has 0 aromatic heterocycles. The van der Waals surface area contributed by atoms with Crippen LogP contribution in [0.3, 0.4) is 0 Å². The van der Waals surface area contributed by atoms with Crippen molar-refractivity contribution in [1.82, 2.24) is 10.2 Å². The molecule has 0 aliphatic carbocycles. The molecule has 0 saturated heterocycles. The molecule has 4 aromatic carbocycles. The molecule has 8 nitrogen and oxygen atoms in total. The van der Waals surface area contributed by atoms with Gasteiger partial charge in [-0.25, -0.2) is 8.42 Å².